The van der Waals surface area contributed by atoms with Crippen LogP contribution in [0, 0.1) is 13.8 Å². The number of ether oxygens (including phenoxy) is 1. The standard InChI is InChI=1S/C23H31NO2S2/c1-16-9-13-27-21(16)19(22-17(2)10-14-28-22)7-6-11-24-12-8-18(24)15-20(25)26-23(3,4)5/h7,9-10,13-14,18H,6,8,11-12,15H2,1-5H3. The fourth-order valence-corrected chi connectivity index (χ4v) is 5.57. The fraction of sp³-hybridized carbons (Fsp3) is 0.522. The van der Waals surface area contributed by atoms with Gasteiger partial charge in [0.05, 0.1) is 6.42 Å². The summed E-state index contributed by atoms with van der Waals surface area (Å²) < 4.78 is 5.48. The van der Waals surface area contributed by atoms with Crippen LogP contribution in [0.25, 0.3) is 5.57 Å². The van der Waals surface area contributed by atoms with Gasteiger partial charge in [0.15, 0.2) is 0 Å². The first kappa shape index (κ1) is 21.3. The van der Waals surface area contributed by atoms with E-state index in [2.05, 4.69) is 47.7 Å². The average molecular weight is 418 g/mol. The van der Waals surface area contributed by atoms with Crippen LogP contribution in [0.15, 0.2) is 29.0 Å². The summed E-state index contributed by atoms with van der Waals surface area (Å²) in [6, 6.07) is 4.73. The summed E-state index contributed by atoms with van der Waals surface area (Å²) in [5.74, 6) is -0.0816. The minimum absolute atomic E-state index is 0.0816. The van der Waals surface area contributed by atoms with E-state index < -0.39 is 5.60 Å². The van der Waals surface area contributed by atoms with Crippen LogP contribution in [0.3, 0.4) is 0 Å². The van der Waals surface area contributed by atoms with Gasteiger partial charge in [0.2, 0.25) is 0 Å². The van der Waals surface area contributed by atoms with E-state index in [0.29, 0.717) is 12.5 Å². The van der Waals surface area contributed by atoms with Crippen molar-refractivity contribution in [2.75, 3.05) is 13.1 Å². The summed E-state index contributed by atoms with van der Waals surface area (Å²) in [6.07, 6.45) is 4.97. The fourth-order valence-electron chi connectivity index (χ4n) is 3.56. The Bertz CT molecular complexity index is 799. The molecule has 152 valence electrons. The van der Waals surface area contributed by atoms with Crippen LogP contribution in [0.1, 0.15) is 60.9 Å². The van der Waals surface area contributed by atoms with Crippen LogP contribution in [-0.4, -0.2) is 35.6 Å². The van der Waals surface area contributed by atoms with Gasteiger partial charge >= 0.3 is 5.97 Å². The van der Waals surface area contributed by atoms with E-state index >= 15 is 0 Å². The van der Waals surface area contributed by atoms with Crippen molar-refractivity contribution in [3.63, 3.8) is 0 Å². The molecular formula is C23H31NO2S2. The molecule has 1 aliphatic rings. The predicted molar refractivity (Wildman–Crippen MR) is 120 cm³/mol. The molecule has 3 heterocycles. The number of rotatable bonds is 7. The van der Waals surface area contributed by atoms with Gasteiger partial charge in [0.1, 0.15) is 5.60 Å². The number of aryl methyl sites for hydroxylation is 2. The molecule has 3 rings (SSSR count). The van der Waals surface area contributed by atoms with Gasteiger partial charge in [-0.3, -0.25) is 9.69 Å². The van der Waals surface area contributed by atoms with Crippen molar-refractivity contribution in [1.82, 2.24) is 4.90 Å². The maximum absolute atomic E-state index is 12.1. The molecule has 2 aromatic heterocycles. The quantitative estimate of drug-likeness (QED) is 0.513. The number of hydrogen-bond donors (Lipinski definition) is 0. The molecule has 1 unspecified atom stereocenters. The molecule has 5 heteroatoms. The predicted octanol–water partition coefficient (Wildman–Crippen LogP) is 6.05. The second kappa shape index (κ2) is 8.93. The Morgan fingerprint density at radius 2 is 1.79 bits per heavy atom. The molecule has 1 atom stereocenters. The third-order valence-corrected chi connectivity index (χ3v) is 7.17. The zero-order chi connectivity index (χ0) is 20.3. The van der Waals surface area contributed by atoms with E-state index in [-0.39, 0.29) is 5.97 Å². The molecule has 1 saturated heterocycles. The van der Waals surface area contributed by atoms with E-state index in [4.69, 9.17) is 4.74 Å². The highest BCUT2D eigenvalue weighted by Crippen LogP contribution is 2.35. The van der Waals surface area contributed by atoms with E-state index in [9.17, 15) is 4.79 Å². The molecule has 0 spiro atoms. The zero-order valence-electron chi connectivity index (χ0n) is 17.6. The Balaban J connectivity index is 1.62. The summed E-state index contributed by atoms with van der Waals surface area (Å²) in [6.45, 7) is 12.2. The molecular weight excluding hydrogens is 386 g/mol. The molecule has 28 heavy (non-hydrogen) atoms. The average Bonchev–Trinajstić information content (AvgIpc) is 3.19. The third-order valence-electron chi connectivity index (χ3n) is 5.07. The molecule has 1 fully saturated rings. The molecule has 0 bridgehead atoms. The largest absolute Gasteiger partial charge is 0.460 e. The lowest BCUT2D eigenvalue weighted by atomic mass is 9.98. The minimum Gasteiger partial charge on any atom is -0.460 e. The number of thiophene rings is 2. The van der Waals surface area contributed by atoms with Crippen molar-refractivity contribution in [3.8, 4) is 0 Å². The SMILES string of the molecule is Cc1ccsc1C(=CCCN1CCC1CC(=O)OC(C)(C)C)c1sccc1C. The topological polar surface area (TPSA) is 29.5 Å². The highest BCUT2D eigenvalue weighted by Gasteiger charge is 2.31. The van der Waals surface area contributed by atoms with Crippen LogP contribution in [0.5, 0.6) is 0 Å². The van der Waals surface area contributed by atoms with Gasteiger partial charge in [-0.25, -0.2) is 0 Å². The van der Waals surface area contributed by atoms with Crippen molar-refractivity contribution in [3.05, 3.63) is 49.9 Å². The minimum atomic E-state index is -0.402. The first-order chi connectivity index (χ1) is 13.2. The Morgan fingerprint density at radius 1 is 1.18 bits per heavy atom. The second-order valence-electron chi connectivity index (χ2n) is 8.54. The van der Waals surface area contributed by atoms with Gasteiger partial charge in [-0.15, -0.1) is 22.7 Å². The highest BCUT2D eigenvalue weighted by molar-refractivity contribution is 7.14. The van der Waals surface area contributed by atoms with Gasteiger partial charge in [0, 0.05) is 27.9 Å². The second-order valence-corrected chi connectivity index (χ2v) is 10.4. The summed E-state index contributed by atoms with van der Waals surface area (Å²) >= 11 is 3.64. The zero-order valence-corrected chi connectivity index (χ0v) is 19.2. The van der Waals surface area contributed by atoms with Gasteiger partial charge in [-0.1, -0.05) is 6.08 Å². The van der Waals surface area contributed by atoms with Crippen LogP contribution < -0.4 is 0 Å². The molecule has 1 aliphatic heterocycles. The van der Waals surface area contributed by atoms with Crippen molar-refractivity contribution in [2.45, 2.75) is 65.5 Å². The van der Waals surface area contributed by atoms with Gasteiger partial charge in [0.25, 0.3) is 0 Å². The van der Waals surface area contributed by atoms with Crippen molar-refractivity contribution >= 4 is 34.2 Å². The summed E-state index contributed by atoms with van der Waals surface area (Å²) in [7, 11) is 0. The van der Waals surface area contributed by atoms with E-state index in [1.54, 1.807) is 0 Å². The summed E-state index contributed by atoms with van der Waals surface area (Å²) in [4.78, 5) is 17.3. The maximum atomic E-state index is 12.1. The summed E-state index contributed by atoms with van der Waals surface area (Å²) in [5.41, 5.74) is 3.65. The Hall–Kier alpha value is -1.43. The lowest BCUT2D eigenvalue weighted by Crippen LogP contribution is -2.49. The van der Waals surface area contributed by atoms with Crippen LogP contribution in [-0.2, 0) is 9.53 Å². The molecule has 0 saturated carbocycles. The van der Waals surface area contributed by atoms with Gasteiger partial charge in [-0.2, -0.15) is 0 Å². The molecule has 2 aromatic rings. The van der Waals surface area contributed by atoms with Crippen LogP contribution in [0.2, 0.25) is 0 Å². The van der Waals surface area contributed by atoms with Gasteiger partial charge in [-0.05, 0) is 88.0 Å². The highest BCUT2D eigenvalue weighted by atomic mass is 32.1. The molecule has 0 N–H and O–H groups in total. The maximum Gasteiger partial charge on any atom is 0.307 e. The molecule has 3 nitrogen and oxygen atoms in total. The number of carbonyl (C=O) groups is 1. The van der Waals surface area contributed by atoms with E-state index in [1.165, 1.54) is 26.5 Å². The third kappa shape index (κ3) is 5.34. The Labute approximate surface area is 177 Å². The lowest BCUT2D eigenvalue weighted by Gasteiger charge is -2.40. The van der Waals surface area contributed by atoms with E-state index in [0.717, 1.165) is 25.9 Å². The van der Waals surface area contributed by atoms with Gasteiger partial charge < -0.3 is 4.74 Å². The first-order valence-electron chi connectivity index (χ1n) is 9.99. The van der Waals surface area contributed by atoms with Crippen LogP contribution >= 0.6 is 22.7 Å². The smallest absolute Gasteiger partial charge is 0.307 e. The number of hydrogen-bond acceptors (Lipinski definition) is 5. The molecule has 0 aliphatic carbocycles. The van der Waals surface area contributed by atoms with Crippen LogP contribution in [0.4, 0.5) is 0 Å². The van der Waals surface area contributed by atoms with Crippen molar-refractivity contribution in [2.24, 2.45) is 0 Å². The van der Waals surface area contributed by atoms with E-state index in [1.807, 2.05) is 43.4 Å². The first-order valence-corrected chi connectivity index (χ1v) is 11.8. The lowest BCUT2D eigenvalue weighted by molar-refractivity contribution is -0.157. The molecule has 0 amide bonds. The Morgan fingerprint density at radius 3 is 2.21 bits per heavy atom. The number of nitrogens with zero attached hydrogens (tertiary/aromatic N) is 1. The number of likely N-dealkylation sites (tertiary alicyclic amines) is 1. The summed E-state index contributed by atoms with van der Waals surface area (Å²) in [5, 5.41) is 4.35. The Kier molecular flexibility index (Phi) is 6.79. The van der Waals surface area contributed by atoms with Crippen molar-refractivity contribution in [1.29, 1.82) is 0 Å². The molecule has 0 radical (unpaired) electrons. The normalized spacial score (nSPS) is 17.2. The van der Waals surface area contributed by atoms with Crippen molar-refractivity contribution < 1.29 is 9.53 Å². The number of carbonyl (C=O) groups excluding carboxylic acids is 1. The monoisotopic (exact) mass is 417 g/mol. The molecule has 0 aromatic carbocycles. The number of esters is 1.